The zero-order valence-corrected chi connectivity index (χ0v) is 12.5. The van der Waals surface area contributed by atoms with Gasteiger partial charge in [0.05, 0.1) is 6.04 Å². The van der Waals surface area contributed by atoms with Gasteiger partial charge < -0.3 is 5.32 Å². The van der Waals surface area contributed by atoms with Gasteiger partial charge in [-0.15, -0.1) is 0 Å². The third-order valence-electron chi connectivity index (χ3n) is 3.20. The fourth-order valence-electron chi connectivity index (χ4n) is 2.30. The molecule has 0 saturated carbocycles. The Morgan fingerprint density at radius 1 is 1.10 bits per heavy atom. The Labute approximate surface area is 124 Å². The first kappa shape index (κ1) is 15.0. The lowest BCUT2D eigenvalue weighted by Crippen LogP contribution is -2.23. The summed E-state index contributed by atoms with van der Waals surface area (Å²) in [5.74, 6) is -0.217. The average Bonchev–Trinajstić information content (AvgIpc) is 2.40. The molecule has 2 rings (SSSR count). The molecule has 0 radical (unpaired) electrons. The van der Waals surface area contributed by atoms with Crippen LogP contribution < -0.4 is 5.32 Å². The van der Waals surface area contributed by atoms with E-state index >= 15 is 0 Å². The Morgan fingerprint density at radius 2 is 1.80 bits per heavy atom. The highest BCUT2D eigenvalue weighted by atomic mass is 35.5. The summed E-state index contributed by atoms with van der Waals surface area (Å²) in [6.07, 6.45) is 1.04. The molecular formula is C17H19ClFN. The van der Waals surface area contributed by atoms with E-state index in [2.05, 4.69) is 18.3 Å². The van der Waals surface area contributed by atoms with E-state index in [1.165, 1.54) is 12.1 Å². The van der Waals surface area contributed by atoms with E-state index in [0.29, 0.717) is 0 Å². The Morgan fingerprint density at radius 3 is 2.40 bits per heavy atom. The number of benzene rings is 2. The quantitative estimate of drug-likeness (QED) is 0.828. The van der Waals surface area contributed by atoms with E-state index in [4.69, 9.17) is 11.6 Å². The molecule has 1 N–H and O–H groups in total. The van der Waals surface area contributed by atoms with E-state index in [1.807, 2.05) is 31.2 Å². The predicted molar refractivity (Wildman–Crippen MR) is 82.7 cm³/mol. The van der Waals surface area contributed by atoms with Crippen LogP contribution in [0.1, 0.15) is 36.1 Å². The first-order valence-electron chi connectivity index (χ1n) is 6.86. The molecule has 106 valence electrons. The van der Waals surface area contributed by atoms with Crippen molar-refractivity contribution in [2.45, 2.75) is 26.3 Å². The SMILES string of the molecule is CCCNC(c1ccc(F)cc1)c1cc(C)cc(Cl)c1. The van der Waals surface area contributed by atoms with Crippen LogP contribution in [0.15, 0.2) is 42.5 Å². The van der Waals surface area contributed by atoms with Gasteiger partial charge in [0.1, 0.15) is 5.82 Å². The Balaban J connectivity index is 2.38. The van der Waals surface area contributed by atoms with E-state index < -0.39 is 0 Å². The van der Waals surface area contributed by atoms with Gasteiger partial charge in [-0.3, -0.25) is 0 Å². The number of hydrogen-bond acceptors (Lipinski definition) is 1. The Bertz CT molecular complexity index is 545. The van der Waals surface area contributed by atoms with Crippen molar-refractivity contribution in [1.82, 2.24) is 5.32 Å². The van der Waals surface area contributed by atoms with Crippen molar-refractivity contribution in [3.8, 4) is 0 Å². The lowest BCUT2D eigenvalue weighted by Gasteiger charge is -2.20. The van der Waals surface area contributed by atoms with Crippen LogP contribution in [0.3, 0.4) is 0 Å². The largest absolute Gasteiger partial charge is 0.306 e. The summed E-state index contributed by atoms with van der Waals surface area (Å²) in [5, 5.41) is 4.22. The first-order valence-corrected chi connectivity index (χ1v) is 7.24. The normalized spacial score (nSPS) is 12.4. The molecule has 3 heteroatoms. The summed E-state index contributed by atoms with van der Waals surface area (Å²) in [6, 6.07) is 12.7. The van der Waals surface area contributed by atoms with Crippen molar-refractivity contribution in [2.75, 3.05) is 6.54 Å². The highest BCUT2D eigenvalue weighted by molar-refractivity contribution is 6.30. The zero-order chi connectivity index (χ0) is 14.5. The molecule has 1 atom stereocenters. The summed E-state index contributed by atoms with van der Waals surface area (Å²) < 4.78 is 13.1. The predicted octanol–water partition coefficient (Wildman–Crippen LogP) is 4.88. The number of aryl methyl sites for hydroxylation is 1. The molecule has 0 bridgehead atoms. The van der Waals surface area contributed by atoms with Crippen molar-refractivity contribution in [2.24, 2.45) is 0 Å². The van der Waals surface area contributed by atoms with Gasteiger partial charge in [-0.25, -0.2) is 4.39 Å². The number of nitrogens with one attached hydrogen (secondary N) is 1. The fraction of sp³-hybridized carbons (Fsp3) is 0.294. The Kier molecular flexibility index (Phi) is 5.16. The van der Waals surface area contributed by atoms with Crippen molar-refractivity contribution < 1.29 is 4.39 Å². The molecular weight excluding hydrogens is 273 g/mol. The zero-order valence-electron chi connectivity index (χ0n) is 11.8. The van der Waals surface area contributed by atoms with Crippen molar-refractivity contribution in [3.63, 3.8) is 0 Å². The van der Waals surface area contributed by atoms with Crippen LogP contribution in [-0.2, 0) is 0 Å². The van der Waals surface area contributed by atoms with Crippen molar-refractivity contribution in [1.29, 1.82) is 0 Å². The highest BCUT2D eigenvalue weighted by Gasteiger charge is 2.14. The van der Waals surface area contributed by atoms with Gasteiger partial charge >= 0.3 is 0 Å². The molecule has 0 aromatic heterocycles. The second kappa shape index (κ2) is 6.87. The lowest BCUT2D eigenvalue weighted by atomic mass is 9.97. The smallest absolute Gasteiger partial charge is 0.123 e. The van der Waals surface area contributed by atoms with Crippen LogP contribution in [0.5, 0.6) is 0 Å². The van der Waals surface area contributed by atoms with E-state index in [0.717, 1.165) is 34.7 Å². The van der Waals surface area contributed by atoms with Gasteiger partial charge in [-0.2, -0.15) is 0 Å². The molecule has 0 aliphatic rings. The number of rotatable bonds is 5. The molecule has 20 heavy (non-hydrogen) atoms. The molecule has 0 fully saturated rings. The van der Waals surface area contributed by atoms with Gasteiger partial charge in [0.2, 0.25) is 0 Å². The van der Waals surface area contributed by atoms with Crippen LogP contribution in [0.2, 0.25) is 5.02 Å². The summed E-state index contributed by atoms with van der Waals surface area (Å²) in [7, 11) is 0. The van der Waals surface area contributed by atoms with Crippen molar-refractivity contribution in [3.05, 3.63) is 70.0 Å². The van der Waals surface area contributed by atoms with Gasteiger partial charge in [0, 0.05) is 5.02 Å². The minimum atomic E-state index is -0.217. The van der Waals surface area contributed by atoms with Gasteiger partial charge in [0.15, 0.2) is 0 Å². The molecule has 1 unspecified atom stereocenters. The topological polar surface area (TPSA) is 12.0 Å². The van der Waals surface area contributed by atoms with Gasteiger partial charge in [0.25, 0.3) is 0 Å². The molecule has 0 heterocycles. The maximum atomic E-state index is 13.1. The molecule has 1 nitrogen and oxygen atoms in total. The molecule has 0 spiro atoms. The third-order valence-corrected chi connectivity index (χ3v) is 3.42. The summed E-state index contributed by atoms with van der Waals surface area (Å²) in [4.78, 5) is 0. The molecule has 0 amide bonds. The second-order valence-electron chi connectivity index (χ2n) is 5.00. The number of halogens is 2. The monoisotopic (exact) mass is 291 g/mol. The van der Waals surface area contributed by atoms with E-state index in [9.17, 15) is 4.39 Å². The van der Waals surface area contributed by atoms with Gasteiger partial charge in [-0.05, 0) is 60.8 Å². The van der Waals surface area contributed by atoms with Crippen LogP contribution in [0.4, 0.5) is 4.39 Å². The lowest BCUT2D eigenvalue weighted by molar-refractivity contribution is 0.593. The van der Waals surface area contributed by atoms with Crippen molar-refractivity contribution >= 4 is 11.6 Å². The molecule has 2 aromatic rings. The first-order chi connectivity index (χ1) is 9.60. The standard InChI is InChI=1S/C17H19ClFN/c1-3-8-20-17(13-4-6-16(19)7-5-13)14-9-12(2)10-15(18)11-14/h4-7,9-11,17,20H,3,8H2,1-2H3. The van der Waals surface area contributed by atoms with Crippen LogP contribution in [0.25, 0.3) is 0 Å². The van der Waals surface area contributed by atoms with Gasteiger partial charge in [-0.1, -0.05) is 36.7 Å². The molecule has 0 aliphatic carbocycles. The summed E-state index contributed by atoms with van der Waals surface area (Å²) in [6.45, 7) is 5.04. The second-order valence-corrected chi connectivity index (χ2v) is 5.44. The Hall–Kier alpha value is -1.38. The molecule has 0 aliphatic heterocycles. The van der Waals surface area contributed by atoms with Crippen LogP contribution >= 0.6 is 11.6 Å². The summed E-state index contributed by atoms with van der Waals surface area (Å²) in [5.41, 5.74) is 3.27. The number of hydrogen-bond donors (Lipinski definition) is 1. The maximum absolute atomic E-state index is 13.1. The van der Waals surface area contributed by atoms with E-state index in [-0.39, 0.29) is 11.9 Å². The average molecular weight is 292 g/mol. The van der Waals surface area contributed by atoms with Crippen LogP contribution in [0, 0.1) is 12.7 Å². The minimum absolute atomic E-state index is 0.0351. The maximum Gasteiger partial charge on any atom is 0.123 e. The third kappa shape index (κ3) is 3.81. The molecule has 2 aromatic carbocycles. The van der Waals surface area contributed by atoms with E-state index in [1.54, 1.807) is 0 Å². The minimum Gasteiger partial charge on any atom is -0.306 e. The summed E-state index contributed by atoms with van der Waals surface area (Å²) >= 11 is 6.15. The fourth-order valence-corrected chi connectivity index (χ4v) is 2.60. The van der Waals surface area contributed by atoms with Crippen LogP contribution in [-0.4, -0.2) is 6.54 Å². The molecule has 0 saturated heterocycles. The highest BCUT2D eigenvalue weighted by Crippen LogP contribution is 2.26.